The number of pyridine rings is 1. The van der Waals surface area contributed by atoms with E-state index in [1.807, 2.05) is 25.3 Å². The molecule has 0 aliphatic heterocycles. The summed E-state index contributed by atoms with van der Waals surface area (Å²) in [4.78, 5) is 30.3. The van der Waals surface area contributed by atoms with Crippen molar-refractivity contribution in [3.63, 3.8) is 0 Å². The maximum Gasteiger partial charge on any atom is 0.359 e. The van der Waals surface area contributed by atoms with Crippen LogP contribution in [0, 0.1) is 18.3 Å². The van der Waals surface area contributed by atoms with Crippen molar-refractivity contribution in [1.29, 1.82) is 5.26 Å². The summed E-state index contributed by atoms with van der Waals surface area (Å²) in [5.41, 5.74) is 1.04. The van der Waals surface area contributed by atoms with Crippen molar-refractivity contribution in [2.24, 2.45) is 0 Å². The van der Waals surface area contributed by atoms with Gasteiger partial charge < -0.3 is 14.0 Å². The summed E-state index contributed by atoms with van der Waals surface area (Å²) in [5.74, 6) is -1.02. The zero-order chi connectivity index (χ0) is 18.7. The van der Waals surface area contributed by atoms with Crippen LogP contribution in [0.3, 0.4) is 0 Å². The number of ether oxygens (including phenoxy) is 1. The van der Waals surface area contributed by atoms with E-state index in [2.05, 4.69) is 11.1 Å². The Balaban J connectivity index is 1.64. The lowest BCUT2D eigenvalue weighted by Gasteiger charge is -2.38. The van der Waals surface area contributed by atoms with E-state index in [4.69, 9.17) is 4.74 Å². The van der Waals surface area contributed by atoms with Gasteiger partial charge in [-0.3, -0.25) is 4.79 Å². The van der Waals surface area contributed by atoms with Crippen LogP contribution in [-0.4, -0.2) is 45.4 Å². The van der Waals surface area contributed by atoms with Crippen LogP contribution in [0.4, 0.5) is 0 Å². The SMILES string of the molecule is Cc1ccn2cc(C(=O)OCC(=O)N(C)C3(C#N)CCCCC3)nc2c1. The van der Waals surface area contributed by atoms with Crippen LogP contribution in [0.2, 0.25) is 0 Å². The highest BCUT2D eigenvalue weighted by molar-refractivity contribution is 5.90. The molecule has 0 saturated heterocycles. The van der Waals surface area contributed by atoms with Crippen LogP contribution in [0.15, 0.2) is 24.5 Å². The number of esters is 1. The maximum atomic E-state index is 12.4. The van der Waals surface area contributed by atoms with Crippen molar-refractivity contribution < 1.29 is 14.3 Å². The van der Waals surface area contributed by atoms with Crippen LogP contribution in [-0.2, 0) is 9.53 Å². The van der Waals surface area contributed by atoms with Gasteiger partial charge in [-0.25, -0.2) is 9.78 Å². The van der Waals surface area contributed by atoms with Crippen molar-refractivity contribution >= 4 is 17.5 Å². The molecular formula is C19H22N4O3. The third-order valence-electron chi connectivity index (χ3n) is 5.06. The van der Waals surface area contributed by atoms with E-state index < -0.39 is 18.1 Å². The lowest BCUT2D eigenvalue weighted by Crippen LogP contribution is -2.51. The second-order valence-corrected chi connectivity index (χ2v) is 6.83. The highest BCUT2D eigenvalue weighted by Crippen LogP contribution is 2.32. The molecule has 0 atom stereocenters. The summed E-state index contributed by atoms with van der Waals surface area (Å²) >= 11 is 0. The molecule has 0 N–H and O–H groups in total. The Morgan fingerprint density at radius 3 is 2.81 bits per heavy atom. The van der Waals surface area contributed by atoms with Gasteiger partial charge in [0.15, 0.2) is 12.3 Å². The van der Waals surface area contributed by atoms with Gasteiger partial charge in [0.1, 0.15) is 11.2 Å². The fourth-order valence-corrected chi connectivity index (χ4v) is 3.38. The zero-order valence-electron chi connectivity index (χ0n) is 15.1. The fourth-order valence-electron chi connectivity index (χ4n) is 3.38. The standard InChI is InChI=1S/C19H22N4O3/c1-14-6-9-23-11-15(21-16(23)10-14)18(25)26-12-17(24)22(2)19(13-20)7-4-3-5-8-19/h6,9-11H,3-5,7-8,12H2,1-2H3. The molecule has 0 spiro atoms. The van der Waals surface area contributed by atoms with Gasteiger partial charge in [-0.15, -0.1) is 0 Å². The minimum absolute atomic E-state index is 0.152. The number of carbonyl (C=O) groups is 2. The number of likely N-dealkylation sites (N-methyl/N-ethyl adjacent to an activating group) is 1. The molecule has 1 aliphatic rings. The summed E-state index contributed by atoms with van der Waals surface area (Å²) in [5, 5.41) is 9.55. The predicted octanol–water partition coefficient (Wildman–Crippen LogP) is 2.48. The Morgan fingerprint density at radius 2 is 2.12 bits per heavy atom. The number of aromatic nitrogens is 2. The molecule has 0 radical (unpaired) electrons. The Hall–Kier alpha value is -2.88. The van der Waals surface area contributed by atoms with Crippen molar-refractivity contribution in [3.8, 4) is 6.07 Å². The lowest BCUT2D eigenvalue weighted by atomic mass is 9.81. The van der Waals surface area contributed by atoms with Gasteiger partial charge in [0.05, 0.1) is 6.07 Å². The smallest absolute Gasteiger partial charge is 0.359 e. The molecule has 0 unspecified atom stereocenters. The molecule has 2 aromatic heterocycles. The summed E-state index contributed by atoms with van der Waals surface area (Å²) in [6.45, 7) is 1.54. The fraction of sp³-hybridized carbons (Fsp3) is 0.474. The highest BCUT2D eigenvalue weighted by atomic mass is 16.5. The molecular weight excluding hydrogens is 332 g/mol. The molecule has 2 heterocycles. The largest absolute Gasteiger partial charge is 0.451 e. The van der Waals surface area contributed by atoms with Gasteiger partial charge in [0.25, 0.3) is 5.91 Å². The van der Waals surface area contributed by atoms with Gasteiger partial charge in [-0.1, -0.05) is 19.3 Å². The molecule has 0 bridgehead atoms. The Labute approximate surface area is 152 Å². The van der Waals surface area contributed by atoms with Gasteiger partial charge in [-0.05, 0) is 37.5 Å². The van der Waals surface area contributed by atoms with Gasteiger partial charge in [-0.2, -0.15) is 5.26 Å². The molecule has 26 heavy (non-hydrogen) atoms. The van der Waals surface area contributed by atoms with Gasteiger partial charge in [0, 0.05) is 19.4 Å². The van der Waals surface area contributed by atoms with E-state index in [0.717, 1.165) is 24.8 Å². The molecule has 1 saturated carbocycles. The number of rotatable bonds is 4. The first-order valence-electron chi connectivity index (χ1n) is 8.75. The topological polar surface area (TPSA) is 87.7 Å². The predicted molar refractivity (Wildman–Crippen MR) is 94.4 cm³/mol. The van der Waals surface area contributed by atoms with E-state index in [1.54, 1.807) is 17.6 Å². The van der Waals surface area contributed by atoms with Crippen LogP contribution in [0.5, 0.6) is 0 Å². The summed E-state index contributed by atoms with van der Waals surface area (Å²) < 4.78 is 6.86. The first-order valence-corrected chi connectivity index (χ1v) is 8.75. The van der Waals surface area contributed by atoms with Crippen LogP contribution < -0.4 is 0 Å². The number of imidazole rings is 1. The number of fused-ring (bicyclic) bond motifs is 1. The number of carbonyl (C=O) groups excluding carboxylic acids is 2. The minimum Gasteiger partial charge on any atom is -0.451 e. The van der Waals surface area contributed by atoms with Crippen molar-refractivity contribution in [2.45, 2.75) is 44.6 Å². The average Bonchev–Trinajstić information content (AvgIpc) is 3.09. The first-order chi connectivity index (χ1) is 12.4. The lowest BCUT2D eigenvalue weighted by molar-refractivity contribution is -0.138. The van der Waals surface area contributed by atoms with Crippen molar-refractivity contribution in [2.75, 3.05) is 13.7 Å². The molecule has 3 rings (SSSR count). The Morgan fingerprint density at radius 1 is 1.38 bits per heavy atom. The summed E-state index contributed by atoms with van der Waals surface area (Å²) in [7, 11) is 1.61. The normalized spacial score (nSPS) is 16.0. The molecule has 1 aliphatic carbocycles. The van der Waals surface area contributed by atoms with E-state index >= 15 is 0 Å². The molecule has 0 aromatic carbocycles. The maximum absolute atomic E-state index is 12.4. The molecule has 1 fully saturated rings. The molecule has 1 amide bonds. The third kappa shape index (κ3) is 3.40. The molecule has 2 aromatic rings. The summed E-state index contributed by atoms with van der Waals surface area (Å²) in [6, 6.07) is 6.06. The number of hydrogen-bond donors (Lipinski definition) is 0. The van der Waals surface area contributed by atoms with Gasteiger partial charge in [0.2, 0.25) is 0 Å². The number of hydrogen-bond acceptors (Lipinski definition) is 5. The number of amides is 1. The molecule has 136 valence electrons. The Kier molecular flexibility index (Phi) is 4.94. The van der Waals surface area contributed by atoms with Crippen LogP contribution in [0.25, 0.3) is 5.65 Å². The zero-order valence-corrected chi connectivity index (χ0v) is 15.1. The minimum atomic E-state index is -0.789. The highest BCUT2D eigenvalue weighted by Gasteiger charge is 2.39. The van der Waals surface area contributed by atoms with E-state index in [-0.39, 0.29) is 11.6 Å². The molecule has 7 heteroatoms. The van der Waals surface area contributed by atoms with E-state index in [1.165, 1.54) is 4.90 Å². The number of aryl methyl sites for hydroxylation is 1. The number of nitriles is 1. The molecule has 7 nitrogen and oxygen atoms in total. The van der Waals surface area contributed by atoms with Crippen LogP contribution >= 0.6 is 0 Å². The monoisotopic (exact) mass is 354 g/mol. The third-order valence-corrected chi connectivity index (χ3v) is 5.06. The van der Waals surface area contributed by atoms with Crippen LogP contribution in [0.1, 0.15) is 48.2 Å². The quantitative estimate of drug-likeness (QED) is 0.787. The second kappa shape index (κ2) is 7.16. The number of nitrogens with zero attached hydrogens (tertiary/aromatic N) is 4. The first kappa shape index (κ1) is 17.9. The van der Waals surface area contributed by atoms with Crippen molar-refractivity contribution in [3.05, 3.63) is 35.8 Å². The second-order valence-electron chi connectivity index (χ2n) is 6.83. The van der Waals surface area contributed by atoms with E-state index in [9.17, 15) is 14.9 Å². The van der Waals surface area contributed by atoms with Crippen molar-refractivity contribution in [1.82, 2.24) is 14.3 Å². The van der Waals surface area contributed by atoms with E-state index in [0.29, 0.717) is 18.5 Å². The Bertz CT molecular complexity index is 875. The summed E-state index contributed by atoms with van der Waals surface area (Å²) in [6.07, 6.45) is 7.62. The van der Waals surface area contributed by atoms with Gasteiger partial charge >= 0.3 is 5.97 Å². The average molecular weight is 354 g/mol.